The van der Waals surface area contributed by atoms with Gasteiger partial charge in [0.25, 0.3) is 0 Å². The summed E-state index contributed by atoms with van der Waals surface area (Å²) >= 11 is 5.98. The quantitative estimate of drug-likeness (QED) is 0.376. The number of nitrogens with zero attached hydrogens (tertiary/aromatic N) is 2. The fourth-order valence-electron chi connectivity index (χ4n) is 3.58. The molecule has 0 radical (unpaired) electrons. The minimum Gasteiger partial charge on any atom is -0.428 e. The van der Waals surface area contributed by atoms with Crippen LogP contribution in [0, 0.1) is 5.92 Å². The van der Waals surface area contributed by atoms with Crippen molar-refractivity contribution in [3.05, 3.63) is 44.7 Å². The van der Waals surface area contributed by atoms with Crippen LogP contribution in [0.25, 0.3) is 10.9 Å². The Morgan fingerprint density at radius 3 is 2.83 bits per heavy atom. The van der Waals surface area contributed by atoms with Crippen LogP contribution in [0.4, 0.5) is 0 Å². The van der Waals surface area contributed by atoms with Crippen molar-refractivity contribution in [3.8, 4) is 0 Å². The van der Waals surface area contributed by atoms with Gasteiger partial charge in [-0.25, -0.2) is 0 Å². The second-order valence-electron chi connectivity index (χ2n) is 6.44. The Kier molecular flexibility index (Phi) is 4.81. The molecule has 0 fully saturated rings. The third-order valence-corrected chi connectivity index (χ3v) is 5.03. The molecule has 1 aliphatic carbocycles. The highest BCUT2D eigenvalue weighted by Gasteiger charge is 2.30. The summed E-state index contributed by atoms with van der Waals surface area (Å²) in [5.41, 5.74) is 1.37. The van der Waals surface area contributed by atoms with E-state index in [4.69, 9.17) is 11.6 Å². The molecule has 0 amide bonds. The molecule has 1 heterocycles. The molecule has 1 aromatic carbocycles. The van der Waals surface area contributed by atoms with Crippen molar-refractivity contribution in [2.24, 2.45) is 11.1 Å². The zero-order valence-corrected chi connectivity index (χ0v) is 14.4. The molecule has 0 aliphatic heterocycles. The molecule has 1 aromatic heterocycles. The summed E-state index contributed by atoms with van der Waals surface area (Å²) < 4.78 is 1.06. The van der Waals surface area contributed by atoms with Gasteiger partial charge in [-0.05, 0) is 43.4 Å². The fraction of sp³-hybridized carbons (Fsp3) is 0.444. The van der Waals surface area contributed by atoms with Crippen LogP contribution in [-0.4, -0.2) is 20.9 Å². The van der Waals surface area contributed by atoms with Gasteiger partial charge in [0.15, 0.2) is 5.43 Å². The van der Waals surface area contributed by atoms with Gasteiger partial charge >= 0.3 is 0 Å². The van der Waals surface area contributed by atoms with Crippen LogP contribution in [0.2, 0.25) is 5.02 Å². The molecule has 2 N–H and O–H groups in total. The number of hydrogen-bond donors (Lipinski definition) is 2. The first-order chi connectivity index (χ1) is 11.6. The number of hydrogen-bond acceptors (Lipinski definition) is 4. The van der Waals surface area contributed by atoms with Crippen molar-refractivity contribution in [1.82, 2.24) is 4.73 Å². The molecule has 0 saturated heterocycles. The molecule has 0 bridgehead atoms. The fourth-order valence-corrected chi connectivity index (χ4v) is 3.75. The highest BCUT2D eigenvalue weighted by Crippen LogP contribution is 2.30. The van der Waals surface area contributed by atoms with Gasteiger partial charge in [-0.15, -0.1) is 0 Å². The Labute approximate surface area is 145 Å². The summed E-state index contributed by atoms with van der Waals surface area (Å²) in [6, 6.07) is 4.81. The van der Waals surface area contributed by atoms with E-state index in [-0.39, 0.29) is 11.3 Å². The molecular weight excluding hydrogens is 328 g/mol. The van der Waals surface area contributed by atoms with Crippen molar-refractivity contribution < 1.29 is 10.4 Å². The van der Waals surface area contributed by atoms with E-state index in [1.165, 1.54) is 6.07 Å². The first-order valence-electron chi connectivity index (χ1n) is 8.34. The van der Waals surface area contributed by atoms with E-state index >= 15 is 0 Å². The van der Waals surface area contributed by atoms with Gasteiger partial charge in [0.1, 0.15) is 0 Å². The lowest BCUT2D eigenvalue weighted by molar-refractivity contribution is 0.182. The summed E-state index contributed by atoms with van der Waals surface area (Å²) in [5.74, 6) is 0.262. The number of halogens is 1. The highest BCUT2D eigenvalue weighted by molar-refractivity contribution is 6.31. The van der Waals surface area contributed by atoms with Crippen LogP contribution in [0.5, 0.6) is 0 Å². The number of unbranched alkanes of at least 4 members (excludes halogenated alkanes) is 2. The third-order valence-electron chi connectivity index (χ3n) is 4.79. The van der Waals surface area contributed by atoms with Crippen molar-refractivity contribution >= 4 is 28.2 Å². The van der Waals surface area contributed by atoms with Gasteiger partial charge < -0.3 is 10.4 Å². The van der Waals surface area contributed by atoms with Crippen LogP contribution in [-0.2, 0) is 6.42 Å². The molecular formula is C18H21ClN2O3. The number of oxime groups is 1. The second-order valence-corrected chi connectivity index (χ2v) is 6.88. The lowest BCUT2D eigenvalue weighted by atomic mass is 9.81. The first kappa shape index (κ1) is 16.8. The van der Waals surface area contributed by atoms with E-state index < -0.39 is 0 Å². The first-order valence-corrected chi connectivity index (χ1v) is 8.72. The van der Waals surface area contributed by atoms with Gasteiger partial charge in [-0.1, -0.05) is 42.9 Å². The minimum absolute atomic E-state index is 0.243. The van der Waals surface area contributed by atoms with Crippen molar-refractivity contribution in [3.63, 3.8) is 0 Å². The Balaban J connectivity index is 2.13. The summed E-state index contributed by atoms with van der Waals surface area (Å²) in [6.45, 7) is 2.15. The lowest BCUT2D eigenvalue weighted by Gasteiger charge is -2.26. The summed E-state index contributed by atoms with van der Waals surface area (Å²) in [4.78, 5) is 12.8. The highest BCUT2D eigenvalue weighted by atomic mass is 35.5. The Bertz CT molecular complexity index is 857. The van der Waals surface area contributed by atoms with E-state index in [0.29, 0.717) is 45.7 Å². The van der Waals surface area contributed by atoms with Crippen LogP contribution in [0.3, 0.4) is 0 Å². The van der Waals surface area contributed by atoms with E-state index in [1.54, 1.807) is 12.1 Å². The number of benzene rings is 1. The maximum Gasteiger partial charge on any atom is 0.199 e. The number of rotatable bonds is 4. The van der Waals surface area contributed by atoms with Crippen LogP contribution >= 0.6 is 11.6 Å². The minimum atomic E-state index is -0.243. The zero-order chi connectivity index (χ0) is 17.3. The van der Waals surface area contributed by atoms with Gasteiger partial charge in [-0.3, -0.25) is 4.79 Å². The van der Waals surface area contributed by atoms with Crippen LogP contribution in [0.1, 0.15) is 50.3 Å². The van der Waals surface area contributed by atoms with Crippen molar-refractivity contribution in [2.75, 3.05) is 0 Å². The van der Waals surface area contributed by atoms with Crippen molar-refractivity contribution in [2.45, 2.75) is 45.4 Å². The maximum absolute atomic E-state index is 12.8. The third kappa shape index (κ3) is 2.88. The van der Waals surface area contributed by atoms with Gasteiger partial charge in [0.05, 0.1) is 27.9 Å². The smallest absolute Gasteiger partial charge is 0.199 e. The predicted molar refractivity (Wildman–Crippen MR) is 94.7 cm³/mol. The standard InChI is InChI=1S/C18H21ClN2O3/c1-2-3-4-5-11-8-14(20-23)17-16(9-11)21(24)15-7-6-12(19)10-13(15)18(17)22/h6-7,10-11,23-24H,2-5,8-9H2,1H3/b20-14+. The SMILES string of the molecule is CCCCCC1C/C(=N\O)c2c(n(O)c3ccc(Cl)cc3c2=O)C1. The Hall–Kier alpha value is -2.01. The summed E-state index contributed by atoms with van der Waals surface area (Å²) in [5, 5.41) is 24.1. The molecule has 2 aromatic rings. The molecule has 0 spiro atoms. The lowest BCUT2D eigenvalue weighted by Crippen LogP contribution is -2.31. The normalized spacial score (nSPS) is 18.9. The average Bonchev–Trinajstić information content (AvgIpc) is 2.59. The largest absolute Gasteiger partial charge is 0.428 e. The van der Waals surface area contributed by atoms with Gasteiger partial charge in [0, 0.05) is 5.02 Å². The molecule has 1 unspecified atom stereocenters. The summed E-state index contributed by atoms with van der Waals surface area (Å²) in [6.07, 6.45) is 5.52. The molecule has 24 heavy (non-hydrogen) atoms. The van der Waals surface area contributed by atoms with E-state index in [2.05, 4.69) is 12.1 Å². The Morgan fingerprint density at radius 2 is 2.12 bits per heavy atom. The molecule has 128 valence electrons. The van der Waals surface area contributed by atoms with E-state index in [9.17, 15) is 15.2 Å². The van der Waals surface area contributed by atoms with E-state index in [1.807, 2.05) is 0 Å². The topological polar surface area (TPSA) is 74.8 Å². The average molecular weight is 349 g/mol. The van der Waals surface area contributed by atoms with Gasteiger partial charge in [-0.2, -0.15) is 4.73 Å². The molecule has 1 aliphatic rings. The molecule has 1 atom stereocenters. The number of aromatic nitrogens is 1. The number of fused-ring (bicyclic) bond motifs is 2. The van der Waals surface area contributed by atoms with Crippen LogP contribution < -0.4 is 5.43 Å². The zero-order valence-electron chi connectivity index (χ0n) is 13.6. The van der Waals surface area contributed by atoms with E-state index in [0.717, 1.165) is 30.4 Å². The van der Waals surface area contributed by atoms with Crippen molar-refractivity contribution in [1.29, 1.82) is 0 Å². The monoisotopic (exact) mass is 348 g/mol. The predicted octanol–water partition coefficient (Wildman–Crippen LogP) is 4.21. The van der Waals surface area contributed by atoms with Gasteiger partial charge in [0.2, 0.25) is 0 Å². The van der Waals surface area contributed by atoms with Crippen LogP contribution in [0.15, 0.2) is 28.1 Å². The Morgan fingerprint density at radius 1 is 1.33 bits per heavy atom. The number of pyridine rings is 1. The molecule has 6 heteroatoms. The maximum atomic E-state index is 12.8. The molecule has 0 saturated carbocycles. The summed E-state index contributed by atoms with van der Waals surface area (Å²) in [7, 11) is 0. The molecule has 3 rings (SSSR count). The second kappa shape index (κ2) is 6.85. The molecule has 5 nitrogen and oxygen atoms in total.